The minimum atomic E-state index is -0.371. The van der Waals surface area contributed by atoms with Gasteiger partial charge in [0.1, 0.15) is 0 Å². The molecule has 0 saturated carbocycles. The predicted octanol–water partition coefficient (Wildman–Crippen LogP) is 1.06. The van der Waals surface area contributed by atoms with Crippen LogP contribution in [0.1, 0.15) is 10.6 Å². The van der Waals surface area contributed by atoms with Crippen molar-refractivity contribution in [3.63, 3.8) is 0 Å². The lowest BCUT2D eigenvalue weighted by atomic mass is 10.3. The number of aromatic amines is 2. The predicted molar refractivity (Wildman–Crippen MR) is 50.2 cm³/mol. The molecule has 0 unspecified atom stereocenters. The van der Waals surface area contributed by atoms with Crippen LogP contribution in [0, 0.1) is 0 Å². The Morgan fingerprint density at radius 3 is 2.85 bits per heavy atom. The molecule has 0 saturated heterocycles. The van der Waals surface area contributed by atoms with Gasteiger partial charge in [-0.05, 0) is 11.4 Å². The first-order chi connectivity index (χ1) is 6.25. The summed E-state index contributed by atoms with van der Waals surface area (Å²) in [6, 6.07) is 3.89. The highest BCUT2D eigenvalue weighted by Crippen LogP contribution is 2.17. The summed E-state index contributed by atoms with van der Waals surface area (Å²) in [6.07, 6.45) is 0.558. The summed E-state index contributed by atoms with van der Waals surface area (Å²) in [5.41, 5.74) is 0.163. The van der Waals surface area contributed by atoms with Crippen molar-refractivity contribution in [2.24, 2.45) is 0 Å². The van der Waals surface area contributed by atoms with Crippen LogP contribution in [-0.4, -0.2) is 15.1 Å². The van der Waals surface area contributed by atoms with Crippen LogP contribution in [0.4, 0.5) is 0 Å². The fraction of sp³-hybridized carbons (Fsp3) is 0.125. The molecule has 13 heavy (non-hydrogen) atoms. The van der Waals surface area contributed by atoms with E-state index in [-0.39, 0.29) is 11.6 Å². The second kappa shape index (κ2) is 3.10. The Bertz CT molecular complexity index is 441. The molecule has 4 nitrogen and oxygen atoms in total. The third-order valence-electron chi connectivity index (χ3n) is 1.71. The van der Waals surface area contributed by atoms with Gasteiger partial charge in [0.25, 0.3) is 0 Å². The van der Waals surface area contributed by atoms with Gasteiger partial charge in [-0.1, -0.05) is 6.07 Å². The van der Waals surface area contributed by atoms with Crippen molar-refractivity contribution in [2.45, 2.75) is 6.42 Å². The maximum absolute atomic E-state index is 10.8. The van der Waals surface area contributed by atoms with E-state index < -0.39 is 0 Å². The average Bonchev–Trinajstić information content (AvgIpc) is 2.63. The number of thiophene rings is 1. The molecule has 2 aromatic heterocycles. The minimum absolute atomic E-state index is 0.0709. The largest absolute Gasteiger partial charge is 0.493 e. The van der Waals surface area contributed by atoms with Gasteiger partial charge in [-0.15, -0.1) is 11.3 Å². The summed E-state index contributed by atoms with van der Waals surface area (Å²) in [7, 11) is 0. The maximum atomic E-state index is 10.8. The van der Waals surface area contributed by atoms with Crippen molar-refractivity contribution >= 4 is 11.3 Å². The number of nitrogens with one attached hydrogen (secondary N) is 2. The fourth-order valence-electron chi connectivity index (χ4n) is 1.13. The van der Waals surface area contributed by atoms with Gasteiger partial charge < -0.3 is 10.1 Å². The van der Waals surface area contributed by atoms with Gasteiger partial charge in [0.05, 0.1) is 5.69 Å². The third kappa shape index (κ3) is 1.65. The Morgan fingerprint density at radius 1 is 1.46 bits per heavy atom. The summed E-state index contributed by atoms with van der Waals surface area (Å²) in [4.78, 5) is 16.7. The molecule has 2 heterocycles. The lowest BCUT2D eigenvalue weighted by Gasteiger charge is -1.93. The summed E-state index contributed by atoms with van der Waals surface area (Å²) in [6.45, 7) is 0. The second-order valence-corrected chi connectivity index (χ2v) is 3.69. The van der Waals surface area contributed by atoms with Crippen molar-refractivity contribution in [2.75, 3.05) is 0 Å². The Balaban J connectivity index is 2.28. The molecule has 0 radical (unpaired) electrons. The van der Waals surface area contributed by atoms with E-state index in [4.69, 9.17) is 0 Å². The monoisotopic (exact) mass is 196 g/mol. The minimum Gasteiger partial charge on any atom is -0.493 e. The molecule has 2 rings (SSSR count). The van der Waals surface area contributed by atoms with Crippen molar-refractivity contribution in [3.05, 3.63) is 38.6 Å². The highest BCUT2D eigenvalue weighted by atomic mass is 32.1. The molecule has 0 aliphatic carbocycles. The van der Waals surface area contributed by atoms with Gasteiger partial charge in [-0.25, -0.2) is 4.79 Å². The molecule has 5 heteroatoms. The van der Waals surface area contributed by atoms with Crippen LogP contribution in [0.15, 0.2) is 22.3 Å². The molecule has 0 amide bonds. The van der Waals surface area contributed by atoms with Crippen molar-refractivity contribution in [3.8, 4) is 5.88 Å². The smallest absolute Gasteiger partial charge is 0.325 e. The molecule has 0 fully saturated rings. The van der Waals surface area contributed by atoms with E-state index >= 15 is 0 Å². The van der Waals surface area contributed by atoms with E-state index in [0.29, 0.717) is 12.1 Å². The highest BCUT2D eigenvalue weighted by Gasteiger charge is 2.06. The zero-order valence-electron chi connectivity index (χ0n) is 6.70. The Hall–Kier alpha value is -1.49. The Kier molecular flexibility index (Phi) is 1.94. The van der Waals surface area contributed by atoms with Gasteiger partial charge in [0, 0.05) is 11.3 Å². The van der Waals surface area contributed by atoms with Crippen LogP contribution in [-0.2, 0) is 6.42 Å². The van der Waals surface area contributed by atoms with Crippen LogP contribution < -0.4 is 5.69 Å². The molecular weight excluding hydrogens is 188 g/mol. The lowest BCUT2D eigenvalue weighted by molar-refractivity contribution is 0.450. The van der Waals surface area contributed by atoms with Crippen LogP contribution in [0.2, 0.25) is 0 Å². The molecule has 0 aliphatic heterocycles. The second-order valence-electron chi connectivity index (χ2n) is 2.66. The lowest BCUT2D eigenvalue weighted by Crippen LogP contribution is -2.01. The van der Waals surface area contributed by atoms with Gasteiger partial charge in [0.15, 0.2) is 0 Å². The molecule has 0 aliphatic rings. The van der Waals surface area contributed by atoms with E-state index in [2.05, 4.69) is 9.97 Å². The van der Waals surface area contributed by atoms with Crippen molar-refractivity contribution < 1.29 is 5.11 Å². The standard InChI is InChI=1S/C8H8N2O2S/c11-7-6(9-8(12)10-7)4-5-2-1-3-13-5/h1-3,11H,4H2,(H2,9,10,12). The fourth-order valence-corrected chi connectivity index (χ4v) is 1.84. The zero-order chi connectivity index (χ0) is 9.26. The topological polar surface area (TPSA) is 68.9 Å². The number of rotatable bonds is 2. The molecule has 0 atom stereocenters. The van der Waals surface area contributed by atoms with E-state index in [1.54, 1.807) is 11.3 Å². The molecule has 0 aromatic carbocycles. The number of imidazole rings is 1. The van der Waals surface area contributed by atoms with E-state index in [0.717, 1.165) is 4.88 Å². The van der Waals surface area contributed by atoms with E-state index in [1.807, 2.05) is 17.5 Å². The Labute approximate surface area is 77.9 Å². The number of hydrogen-bond acceptors (Lipinski definition) is 3. The Morgan fingerprint density at radius 2 is 2.31 bits per heavy atom. The SMILES string of the molecule is O=c1[nH]c(O)c(Cc2cccs2)[nH]1. The van der Waals surface area contributed by atoms with Gasteiger partial charge in [-0.2, -0.15) is 0 Å². The summed E-state index contributed by atoms with van der Waals surface area (Å²) in [5, 5.41) is 11.2. The normalized spacial score (nSPS) is 10.5. The highest BCUT2D eigenvalue weighted by molar-refractivity contribution is 7.09. The van der Waals surface area contributed by atoms with Crippen LogP contribution in [0.3, 0.4) is 0 Å². The zero-order valence-corrected chi connectivity index (χ0v) is 7.52. The summed E-state index contributed by atoms with van der Waals surface area (Å²) in [5.74, 6) is -0.0709. The van der Waals surface area contributed by atoms with Crippen LogP contribution >= 0.6 is 11.3 Å². The van der Waals surface area contributed by atoms with E-state index in [1.165, 1.54) is 0 Å². The molecule has 0 spiro atoms. The van der Waals surface area contributed by atoms with Gasteiger partial charge in [0.2, 0.25) is 5.88 Å². The first-order valence-electron chi connectivity index (χ1n) is 3.78. The van der Waals surface area contributed by atoms with E-state index in [9.17, 15) is 9.90 Å². The third-order valence-corrected chi connectivity index (χ3v) is 2.59. The number of hydrogen-bond donors (Lipinski definition) is 3. The molecule has 3 N–H and O–H groups in total. The van der Waals surface area contributed by atoms with Gasteiger partial charge >= 0.3 is 5.69 Å². The first kappa shape index (κ1) is 8.12. The van der Waals surface area contributed by atoms with Crippen LogP contribution in [0.5, 0.6) is 5.88 Å². The quantitative estimate of drug-likeness (QED) is 0.672. The van der Waals surface area contributed by atoms with Gasteiger partial charge in [-0.3, -0.25) is 4.98 Å². The average molecular weight is 196 g/mol. The summed E-state index contributed by atoms with van der Waals surface area (Å²) < 4.78 is 0. The molecule has 0 bridgehead atoms. The van der Waals surface area contributed by atoms with Crippen molar-refractivity contribution in [1.29, 1.82) is 0 Å². The number of aromatic nitrogens is 2. The number of aromatic hydroxyl groups is 1. The first-order valence-corrected chi connectivity index (χ1v) is 4.66. The number of H-pyrrole nitrogens is 2. The summed E-state index contributed by atoms with van der Waals surface area (Å²) >= 11 is 1.59. The van der Waals surface area contributed by atoms with Crippen molar-refractivity contribution in [1.82, 2.24) is 9.97 Å². The van der Waals surface area contributed by atoms with Crippen LogP contribution in [0.25, 0.3) is 0 Å². The molecule has 2 aromatic rings. The molecular formula is C8H8N2O2S. The maximum Gasteiger partial charge on any atom is 0.325 e. The molecule has 68 valence electrons.